The van der Waals surface area contributed by atoms with E-state index in [1.165, 1.54) is 11.3 Å². The fraction of sp³-hybridized carbons (Fsp3) is 0.278. The first-order valence-corrected chi connectivity index (χ1v) is 8.44. The summed E-state index contributed by atoms with van der Waals surface area (Å²) in [6.07, 6.45) is 1.79. The minimum atomic E-state index is -0.376. The number of hydrogen-bond donors (Lipinski definition) is 0. The van der Waals surface area contributed by atoms with Crippen LogP contribution in [0.15, 0.2) is 36.5 Å². The maximum Gasteiger partial charge on any atom is 0.358 e. The van der Waals surface area contributed by atoms with Crippen molar-refractivity contribution in [2.45, 2.75) is 26.7 Å². The van der Waals surface area contributed by atoms with Gasteiger partial charge >= 0.3 is 5.97 Å². The maximum absolute atomic E-state index is 12.2. The summed E-state index contributed by atoms with van der Waals surface area (Å²) < 4.78 is 5.16. The summed E-state index contributed by atoms with van der Waals surface area (Å²) in [5, 5.41) is 1.97. The molecular weight excluding hydrogens is 308 g/mol. The highest BCUT2D eigenvalue weighted by Crippen LogP contribution is 2.34. The van der Waals surface area contributed by atoms with Gasteiger partial charge in [0.25, 0.3) is 0 Å². The molecule has 0 unspecified atom stereocenters. The fourth-order valence-corrected chi connectivity index (χ4v) is 3.35. The Labute approximate surface area is 139 Å². The Morgan fingerprint density at radius 2 is 2.09 bits per heavy atom. The van der Waals surface area contributed by atoms with Gasteiger partial charge in [-0.1, -0.05) is 32.0 Å². The van der Waals surface area contributed by atoms with Gasteiger partial charge in [-0.3, -0.25) is 4.98 Å². The first-order valence-electron chi connectivity index (χ1n) is 7.63. The molecule has 0 amide bonds. The zero-order valence-electron chi connectivity index (χ0n) is 13.4. The number of ether oxygens (including phenoxy) is 1. The van der Waals surface area contributed by atoms with Gasteiger partial charge in [0, 0.05) is 23.1 Å². The molecule has 5 heteroatoms. The normalized spacial score (nSPS) is 11.1. The Morgan fingerprint density at radius 3 is 2.83 bits per heavy atom. The van der Waals surface area contributed by atoms with Crippen molar-refractivity contribution in [1.29, 1.82) is 0 Å². The minimum absolute atomic E-state index is 0.260. The molecule has 0 saturated heterocycles. The second kappa shape index (κ2) is 6.46. The van der Waals surface area contributed by atoms with Crippen LogP contribution in [0.2, 0.25) is 0 Å². The maximum atomic E-state index is 12.2. The smallest absolute Gasteiger partial charge is 0.358 e. The lowest BCUT2D eigenvalue weighted by atomic mass is 10.1. The van der Waals surface area contributed by atoms with Crippen LogP contribution in [0.25, 0.3) is 21.3 Å². The highest BCUT2D eigenvalue weighted by Gasteiger charge is 2.22. The van der Waals surface area contributed by atoms with Gasteiger partial charge in [0.15, 0.2) is 5.69 Å². The van der Waals surface area contributed by atoms with E-state index in [1.54, 1.807) is 13.1 Å². The van der Waals surface area contributed by atoms with E-state index in [1.807, 2.05) is 30.3 Å². The van der Waals surface area contributed by atoms with Gasteiger partial charge in [-0.25, -0.2) is 9.78 Å². The molecule has 3 rings (SSSR count). The van der Waals surface area contributed by atoms with Crippen molar-refractivity contribution < 1.29 is 9.53 Å². The zero-order chi connectivity index (χ0) is 16.4. The third-order valence-electron chi connectivity index (χ3n) is 3.46. The summed E-state index contributed by atoms with van der Waals surface area (Å²) >= 11 is 1.53. The van der Waals surface area contributed by atoms with Crippen LogP contribution in [0, 0.1) is 0 Å². The molecule has 1 aromatic carbocycles. The molecule has 0 radical (unpaired) electrons. The van der Waals surface area contributed by atoms with Crippen molar-refractivity contribution in [3.05, 3.63) is 47.2 Å². The van der Waals surface area contributed by atoms with Crippen LogP contribution in [-0.4, -0.2) is 22.5 Å². The number of carbonyl (C=O) groups is 1. The fourth-order valence-electron chi connectivity index (χ4n) is 2.31. The third kappa shape index (κ3) is 3.10. The van der Waals surface area contributed by atoms with Crippen LogP contribution < -0.4 is 0 Å². The number of nitrogens with zero attached hydrogens (tertiary/aromatic N) is 2. The monoisotopic (exact) mass is 326 g/mol. The number of fused-ring (bicyclic) bond motifs is 1. The molecule has 118 valence electrons. The van der Waals surface area contributed by atoms with E-state index in [-0.39, 0.29) is 11.9 Å². The Bertz CT molecular complexity index is 855. The number of pyridine rings is 1. The number of aromatic nitrogens is 2. The summed E-state index contributed by atoms with van der Waals surface area (Å²) in [6, 6.07) is 9.97. The predicted octanol–water partition coefficient (Wildman–Crippen LogP) is 4.66. The lowest BCUT2D eigenvalue weighted by Gasteiger charge is -2.04. The van der Waals surface area contributed by atoms with E-state index in [0.29, 0.717) is 12.3 Å². The predicted molar refractivity (Wildman–Crippen MR) is 92.9 cm³/mol. The number of thiazole rings is 1. The molecule has 0 atom stereocenters. The average molecular weight is 326 g/mol. The summed E-state index contributed by atoms with van der Waals surface area (Å²) in [5.74, 6) is -0.117. The first kappa shape index (κ1) is 15.6. The molecule has 0 spiro atoms. The van der Waals surface area contributed by atoms with E-state index >= 15 is 0 Å². The van der Waals surface area contributed by atoms with E-state index in [4.69, 9.17) is 4.74 Å². The van der Waals surface area contributed by atoms with E-state index < -0.39 is 0 Å². The largest absolute Gasteiger partial charge is 0.461 e. The standard InChI is InChI=1S/C18H18N2O2S/c1-4-22-18(21)15-16(23-17(20-15)11(2)3)13-9-12-7-5-6-8-14(12)19-10-13/h5-11H,4H2,1-3H3. The Hall–Kier alpha value is -2.27. The molecule has 0 saturated carbocycles. The number of hydrogen-bond acceptors (Lipinski definition) is 5. The van der Waals surface area contributed by atoms with Gasteiger partial charge in [0.05, 0.1) is 22.0 Å². The van der Waals surface area contributed by atoms with Gasteiger partial charge in [0.2, 0.25) is 0 Å². The van der Waals surface area contributed by atoms with Gasteiger partial charge in [-0.05, 0) is 19.1 Å². The van der Waals surface area contributed by atoms with Crippen molar-refractivity contribution in [1.82, 2.24) is 9.97 Å². The number of benzene rings is 1. The molecule has 0 aliphatic heterocycles. The van der Waals surface area contributed by atoms with Crippen LogP contribution >= 0.6 is 11.3 Å². The van der Waals surface area contributed by atoms with Crippen molar-refractivity contribution in [3.8, 4) is 10.4 Å². The molecule has 2 heterocycles. The van der Waals surface area contributed by atoms with Crippen molar-refractivity contribution in [2.75, 3.05) is 6.61 Å². The van der Waals surface area contributed by atoms with Crippen LogP contribution in [-0.2, 0) is 4.74 Å². The van der Waals surface area contributed by atoms with Crippen molar-refractivity contribution >= 4 is 28.2 Å². The Morgan fingerprint density at radius 1 is 1.30 bits per heavy atom. The zero-order valence-corrected chi connectivity index (χ0v) is 14.2. The first-order chi connectivity index (χ1) is 11.1. The van der Waals surface area contributed by atoms with Crippen LogP contribution in [0.5, 0.6) is 0 Å². The van der Waals surface area contributed by atoms with Crippen LogP contribution in [0.4, 0.5) is 0 Å². The minimum Gasteiger partial charge on any atom is -0.461 e. The average Bonchev–Trinajstić information content (AvgIpc) is 3.00. The highest BCUT2D eigenvalue weighted by molar-refractivity contribution is 7.15. The Kier molecular flexibility index (Phi) is 4.39. The summed E-state index contributed by atoms with van der Waals surface area (Å²) in [7, 11) is 0. The van der Waals surface area contributed by atoms with Crippen molar-refractivity contribution in [2.24, 2.45) is 0 Å². The van der Waals surface area contributed by atoms with Gasteiger partial charge in [0.1, 0.15) is 0 Å². The molecule has 0 fully saturated rings. The van der Waals surface area contributed by atoms with E-state index in [9.17, 15) is 4.79 Å². The third-order valence-corrected chi connectivity index (χ3v) is 4.86. The van der Waals surface area contributed by atoms with Crippen LogP contribution in [0.1, 0.15) is 42.2 Å². The van der Waals surface area contributed by atoms with E-state index in [2.05, 4.69) is 23.8 Å². The summed E-state index contributed by atoms with van der Waals surface area (Å²) in [5.41, 5.74) is 2.22. The van der Waals surface area contributed by atoms with Crippen molar-refractivity contribution in [3.63, 3.8) is 0 Å². The molecule has 3 aromatic rings. The molecule has 0 N–H and O–H groups in total. The molecular formula is C18H18N2O2S. The lowest BCUT2D eigenvalue weighted by Crippen LogP contribution is -2.07. The summed E-state index contributed by atoms with van der Waals surface area (Å²) in [6.45, 7) is 6.26. The number of rotatable bonds is 4. The summed E-state index contributed by atoms with van der Waals surface area (Å²) in [4.78, 5) is 22.1. The number of para-hydroxylation sites is 1. The molecule has 4 nitrogen and oxygen atoms in total. The molecule has 23 heavy (non-hydrogen) atoms. The molecule has 0 aliphatic carbocycles. The lowest BCUT2D eigenvalue weighted by molar-refractivity contribution is 0.0521. The highest BCUT2D eigenvalue weighted by atomic mass is 32.1. The van der Waals surface area contributed by atoms with Gasteiger partial charge in [-0.15, -0.1) is 11.3 Å². The second-order valence-corrected chi connectivity index (χ2v) is 6.55. The number of esters is 1. The van der Waals surface area contributed by atoms with Crippen LogP contribution in [0.3, 0.4) is 0 Å². The quantitative estimate of drug-likeness (QED) is 0.654. The SMILES string of the molecule is CCOC(=O)c1nc(C(C)C)sc1-c1cnc2ccccc2c1. The second-order valence-electron chi connectivity index (χ2n) is 5.52. The van der Waals surface area contributed by atoms with Gasteiger partial charge < -0.3 is 4.74 Å². The van der Waals surface area contributed by atoms with E-state index in [0.717, 1.165) is 26.4 Å². The molecule has 0 bridgehead atoms. The Balaban J connectivity index is 2.13. The topological polar surface area (TPSA) is 52.1 Å². The molecule has 0 aliphatic rings. The number of carbonyl (C=O) groups excluding carboxylic acids is 1. The molecule has 2 aromatic heterocycles. The van der Waals surface area contributed by atoms with Gasteiger partial charge in [-0.2, -0.15) is 0 Å².